The molecule has 0 saturated carbocycles. The molecule has 1 rings (SSSR count). The van der Waals surface area contributed by atoms with Crippen molar-refractivity contribution in [3.63, 3.8) is 0 Å². The van der Waals surface area contributed by atoms with Crippen LogP contribution in [0.3, 0.4) is 0 Å². The van der Waals surface area contributed by atoms with Crippen LogP contribution < -0.4 is 10.1 Å². The van der Waals surface area contributed by atoms with Crippen LogP contribution in [0.4, 0.5) is 5.69 Å². The molecule has 1 aromatic carbocycles. The van der Waals surface area contributed by atoms with Crippen molar-refractivity contribution in [3.8, 4) is 5.75 Å². The highest BCUT2D eigenvalue weighted by atomic mass is 16.6. The summed E-state index contributed by atoms with van der Waals surface area (Å²) in [5.41, 5.74) is -0.00806. The average molecular weight is 325 g/mol. The molecular formula is C15H23N3O5. The molecule has 0 aliphatic carbocycles. The van der Waals surface area contributed by atoms with Crippen LogP contribution in [0.1, 0.15) is 6.42 Å². The van der Waals surface area contributed by atoms with Crippen molar-refractivity contribution >= 4 is 11.6 Å². The van der Waals surface area contributed by atoms with Crippen molar-refractivity contribution in [1.29, 1.82) is 0 Å². The molecule has 8 heteroatoms. The van der Waals surface area contributed by atoms with E-state index in [4.69, 9.17) is 9.47 Å². The van der Waals surface area contributed by atoms with E-state index >= 15 is 0 Å². The van der Waals surface area contributed by atoms with Crippen LogP contribution >= 0.6 is 0 Å². The normalized spacial score (nSPS) is 10.6. The number of rotatable bonds is 11. The summed E-state index contributed by atoms with van der Waals surface area (Å²) in [7, 11) is 3.43. The fraction of sp³-hybridized carbons (Fsp3) is 0.533. The quantitative estimate of drug-likeness (QED) is 0.371. The molecule has 0 fully saturated rings. The van der Waals surface area contributed by atoms with Gasteiger partial charge in [0.25, 0.3) is 5.69 Å². The second-order valence-electron chi connectivity index (χ2n) is 5.04. The largest absolute Gasteiger partial charge is 0.492 e. The minimum Gasteiger partial charge on any atom is -0.492 e. The van der Waals surface area contributed by atoms with Gasteiger partial charge in [-0.2, -0.15) is 0 Å². The molecule has 1 N–H and O–H groups in total. The number of ether oxygens (including phenoxy) is 2. The van der Waals surface area contributed by atoms with Crippen LogP contribution in [0.2, 0.25) is 0 Å². The Bertz CT molecular complexity index is 510. The lowest BCUT2D eigenvalue weighted by Gasteiger charge is -2.16. The topological polar surface area (TPSA) is 93.9 Å². The summed E-state index contributed by atoms with van der Waals surface area (Å²) in [6.07, 6.45) is 0.780. The Labute approximate surface area is 135 Å². The predicted molar refractivity (Wildman–Crippen MR) is 85.6 cm³/mol. The van der Waals surface area contributed by atoms with E-state index in [1.807, 2.05) is 11.9 Å². The summed E-state index contributed by atoms with van der Waals surface area (Å²) >= 11 is 0. The number of nitrogens with zero attached hydrogens (tertiary/aromatic N) is 2. The van der Waals surface area contributed by atoms with Gasteiger partial charge in [-0.05, 0) is 19.5 Å². The van der Waals surface area contributed by atoms with Crippen LogP contribution in [0.15, 0.2) is 24.3 Å². The molecule has 0 aliphatic rings. The minimum atomic E-state index is -0.465. The fourth-order valence-electron chi connectivity index (χ4n) is 1.83. The van der Waals surface area contributed by atoms with Gasteiger partial charge in [-0.15, -0.1) is 0 Å². The van der Waals surface area contributed by atoms with Crippen molar-refractivity contribution < 1.29 is 19.2 Å². The van der Waals surface area contributed by atoms with Gasteiger partial charge in [0, 0.05) is 32.9 Å². The van der Waals surface area contributed by atoms with Gasteiger partial charge in [-0.3, -0.25) is 19.8 Å². The van der Waals surface area contributed by atoms with E-state index in [0.29, 0.717) is 32.1 Å². The Morgan fingerprint density at radius 1 is 1.39 bits per heavy atom. The summed E-state index contributed by atoms with van der Waals surface area (Å²) < 4.78 is 10.4. The number of amides is 1. The van der Waals surface area contributed by atoms with Crippen molar-refractivity contribution in [3.05, 3.63) is 34.4 Å². The number of carbonyl (C=O) groups is 1. The molecule has 0 radical (unpaired) electrons. The van der Waals surface area contributed by atoms with Gasteiger partial charge in [0.1, 0.15) is 12.4 Å². The Hall–Kier alpha value is -2.19. The van der Waals surface area contributed by atoms with E-state index in [1.165, 1.54) is 12.1 Å². The maximum Gasteiger partial charge on any atom is 0.273 e. The predicted octanol–water partition coefficient (Wildman–Crippen LogP) is 1.06. The highest BCUT2D eigenvalue weighted by Gasteiger charge is 2.08. The van der Waals surface area contributed by atoms with E-state index in [0.717, 1.165) is 6.42 Å². The first-order chi connectivity index (χ1) is 11.0. The molecule has 0 aliphatic heterocycles. The van der Waals surface area contributed by atoms with Gasteiger partial charge in [-0.1, -0.05) is 6.07 Å². The molecule has 0 unspecified atom stereocenters. The first-order valence-corrected chi connectivity index (χ1v) is 7.34. The minimum absolute atomic E-state index is 0.00806. The number of benzene rings is 1. The number of likely N-dealkylation sites (N-methyl/N-ethyl adjacent to an activating group) is 1. The summed E-state index contributed by atoms with van der Waals surface area (Å²) in [6.45, 7) is 2.35. The Balaban J connectivity index is 2.23. The number of carbonyl (C=O) groups excluding carboxylic acids is 1. The molecule has 0 atom stereocenters. The highest BCUT2D eigenvalue weighted by Crippen LogP contribution is 2.18. The number of nitro benzene ring substituents is 1. The third-order valence-electron chi connectivity index (χ3n) is 3.03. The van der Waals surface area contributed by atoms with Gasteiger partial charge in [-0.25, -0.2) is 0 Å². The van der Waals surface area contributed by atoms with Gasteiger partial charge >= 0.3 is 0 Å². The highest BCUT2D eigenvalue weighted by molar-refractivity contribution is 5.77. The number of nitro groups is 1. The van der Waals surface area contributed by atoms with Crippen molar-refractivity contribution in [2.45, 2.75) is 6.42 Å². The van der Waals surface area contributed by atoms with Crippen LogP contribution in [0, 0.1) is 10.1 Å². The Morgan fingerprint density at radius 2 is 2.17 bits per heavy atom. The summed E-state index contributed by atoms with van der Waals surface area (Å²) in [5.74, 6) is 0.385. The lowest BCUT2D eigenvalue weighted by Crippen LogP contribution is -2.37. The third kappa shape index (κ3) is 8.12. The van der Waals surface area contributed by atoms with Crippen LogP contribution in [0.5, 0.6) is 5.75 Å². The molecule has 0 saturated heterocycles. The molecular weight excluding hydrogens is 302 g/mol. The Morgan fingerprint density at radius 3 is 2.87 bits per heavy atom. The number of hydrogen-bond donors (Lipinski definition) is 1. The first kappa shape index (κ1) is 18.9. The number of methoxy groups -OCH3 is 1. The second-order valence-corrected chi connectivity index (χ2v) is 5.04. The maximum absolute atomic E-state index is 11.7. The monoisotopic (exact) mass is 325 g/mol. The van der Waals surface area contributed by atoms with Gasteiger partial charge < -0.3 is 14.8 Å². The lowest BCUT2D eigenvalue weighted by molar-refractivity contribution is -0.384. The number of nitrogens with one attached hydrogen (secondary N) is 1. The summed E-state index contributed by atoms with van der Waals surface area (Å²) in [6, 6.07) is 6.02. The van der Waals surface area contributed by atoms with Gasteiger partial charge in [0.05, 0.1) is 17.5 Å². The fourth-order valence-corrected chi connectivity index (χ4v) is 1.83. The third-order valence-corrected chi connectivity index (χ3v) is 3.03. The molecule has 1 aromatic rings. The van der Waals surface area contributed by atoms with Crippen LogP contribution in [0.25, 0.3) is 0 Å². The van der Waals surface area contributed by atoms with Crippen LogP contribution in [-0.4, -0.2) is 62.7 Å². The molecule has 0 aromatic heterocycles. The van der Waals surface area contributed by atoms with E-state index < -0.39 is 4.92 Å². The van der Waals surface area contributed by atoms with Crippen molar-refractivity contribution in [1.82, 2.24) is 10.2 Å². The zero-order chi connectivity index (χ0) is 17.1. The number of non-ortho nitro benzene ring substituents is 1. The van der Waals surface area contributed by atoms with E-state index in [-0.39, 0.29) is 18.1 Å². The zero-order valence-corrected chi connectivity index (χ0v) is 13.5. The summed E-state index contributed by atoms with van der Waals surface area (Å²) in [5, 5.41) is 13.5. The van der Waals surface area contributed by atoms with Crippen molar-refractivity contribution in [2.75, 3.05) is 47.0 Å². The average Bonchev–Trinajstić information content (AvgIpc) is 2.52. The maximum atomic E-state index is 11.7. The van der Waals surface area contributed by atoms with E-state index in [1.54, 1.807) is 19.2 Å². The lowest BCUT2D eigenvalue weighted by atomic mass is 10.3. The molecule has 1 amide bonds. The van der Waals surface area contributed by atoms with E-state index in [2.05, 4.69) is 5.32 Å². The molecule has 0 bridgehead atoms. The smallest absolute Gasteiger partial charge is 0.273 e. The SMILES string of the molecule is COCCCNC(=O)CN(C)CCOc1cccc([N+](=O)[O-])c1. The molecule has 128 valence electrons. The first-order valence-electron chi connectivity index (χ1n) is 7.34. The van der Waals surface area contributed by atoms with E-state index in [9.17, 15) is 14.9 Å². The molecule has 8 nitrogen and oxygen atoms in total. The summed E-state index contributed by atoms with van der Waals surface area (Å²) in [4.78, 5) is 23.7. The molecule has 0 spiro atoms. The van der Waals surface area contributed by atoms with Crippen LogP contribution in [-0.2, 0) is 9.53 Å². The second kappa shape index (κ2) is 10.5. The Kier molecular flexibility index (Phi) is 8.63. The standard InChI is InChI=1S/C15H23N3O5/c1-17(12-15(19)16-7-4-9-22-2)8-10-23-14-6-3-5-13(11-14)18(20)21/h3,5-6,11H,4,7-10,12H2,1-2H3,(H,16,19). The van der Waals surface area contributed by atoms with Gasteiger partial charge in [0.2, 0.25) is 5.91 Å². The van der Waals surface area contributed by atoms with Crippen molar-refractivity contribution in [2.24, 2.45) is 0 Å². The number of hydrogen-bond acceptors (Lipinski definition) is 6. The van der Waals surface area contributed by atoms with Gasteiger partial charge in [0.15, 0.2) is 0 Å². The molecule has 23 heavy (non-hydrogen) atoms. The molecule has 0 heterocycles. The zero-order valence-electron chi connectivity index (χ0n) is 13.5.